The Morgan fingerprint density at radius 1 is 0.359 bits per heavy atom. The fourth-order valence-electron chi connectivity index (χ4n) is 7.91. The normalized spacial score (nSPS) is 12.6. The number of hydrogen-bond acceptors (Lipinski definition) is 5. The first-order valence-corrected chi connectivity index (χ1v) is 27.8. The van der Waals surface area contributed by atoms with Crippen LogP contribution in [0.25, 0.3) is 0 Å². The lowest BCUT2D eigenvalue weighted by molar-refractivity contribution is -0.163. The lowest BCUT2D eigenvalue weighted by Crippen LogP contribution is -2.30. The third-order valence-corrected chi connectivity index (χ3v) is 12.0. The van der Waals surface area contributed by atoms with E-state index in [0.29, 0.717) is 19.4 Å². The molecular formula is C59H106O5. The van der Waals surface area contributed by atoms with Gasteiger partial charge in [0.1, 0.15) is 6.61 Å². The molecule has 0 rings (SSSR count). The van der Waals surface area contributed by atoms with Crippen LogP contribution in [0.15, 0.2) is 60.8 Å². The highest BCUT2D eigenvalue weighted by Gasteiger charge is 2.17. The maximum Gasteiger partial charge on any atom is 0.306 e. The largest absolute Gasteiger partial charge is 0.462 e. The topological polar surface area (TPSA) is 61.8 Å². The van der Waals surface area contributed by atoms with Gasteiger partial charge in [0, 0.05) is 19.4 Å². The van der Waals surface area contributed by atoms with Gasteiger partial charge in [-0.3, -0.25) is 9.59 Å². The lowest BCUT2D eigenvalue weighted by atomic mass is 10.0. The van der Waals surface area contributed by atoms with Gasteiger partial charge in [0.2, 0.25) is 0 Å². The zero-order chi connectivity index (χ0) is 46.3. The fraction of sp³-hybridized carbons (Fsp3) is 0.797. The third kappa shape index (κ3) is 52.2. The molecule has 0 N–H and O–H groups in total. The Balaban J connectivity index is 4.29. The molecule has 5 nitrogen and oxygen atoms in total. The van der Waals surface area contributed by atoms with Crippen molar-refractivity contribution in [3.8, 4) is 0 Å². The predicted octanol–water partition coefficient (Wildman–Crippen LogP) is 18.9. The molecule has 5 heteroatoms. The molecule has 0 unspecified atom stereocenters. The quantitative estimate of drug-likeness (QED) is 0.0346. The van der Waals surface area contributed by atoms with Crippen LogP contribution in [-0.2, 0) is 23.8 Å². The monoisotopic (exact) mass is 895 g/mol. The zero-order valence-electron chi connectivity index (χ0n) is 42.8. The molecule has 0 bridgehead atoms. The number of rotatable bonds is 51. The predicted molar refractivity (Wildman–Crippen MR) is 279 cm³/mol. The number of hydrogen-bond donors (Lipinski definition) is 0. The minimum Gasteiger partial charge on any atom is -0.462 e. The Morgan fingerprint density at radius 2 is 0.703 bits per heavy atom. The first kappa shape index (κ1) is 61.6. The van der Waals surface area contributed by atoms with E-state index in [1.165, 1.54) is 161 Å². The van der Waals surface area contributed by atoms with Crippen molar-refractivity contribution < 1.29 is 23.8 Å². The van der Waals surface area contributed by atoms with Gasteiger partial charge in [-0.1, -0.05) is 242 Å². The van der Waals surface area contributed by atoms with Crippen molar-refractivity contribution in [2.24, 2.45) is 0 Å². The number of allylic oxidation sites excluding steroid dienone is 10. The third-order valence-electron chi connectivity index (χ3n) is 12.0. The molecule has 64 heavy (non-hydrogen) atoms. The molecule has 0 radical (unpaired) electrons. The molecule has 0 aromatic rings. The molecule has 0 aliphatic heterocycles. The van der Waals surface area contributed by atoms with Crippen molar-refractivity contribution in [1.29, 1.82) is 0 Å². The van der Waals surface area contributed by atoms with Gasteiger partial charge in [-0.2, -0.15) is 0 Å². The smallest absolute Gasteiger partial charge is 0.306 e. The van der Waals surface area contributed by atoms with Gasteiger partial charge < -0.3 is 14.2 Å². The first-order valence-electron chi connectivity index (χ1n) is 27.8. The summed E-state index contributed by atoms with van der Waals surface area (Å²) in [6.45, 7) is 7.71. The molecule has 1 atom stereocenters. The molecular weight excluding hydrogens is 789 g/mol. The Hall–Kier alpha value is -2.40. The van der Waals surface area contributed by atoms with Gasteiger partial charge in [-0.05, 0) is 83.5 Å². The van der Waals surface area contributed by atoms with Gasteiger partial charge in [0.05, 0.1) is 6.61 Å². The van der Waals surface area contributed by atoms with E-state index in [4.69, 9.17) is 14.2 Å². The van der Waals surface area contributed by atoms with Crippen molar-refractivity contribution in [1.82, 2.24) is 0 Å². The van der Waals surface area contributed by atoms with Crippen molar-refractivity contribution in [2.75, 3.05) is 19.8 Å². The van der Waals surface area contributed by atoms with E-state index in [-0.39, 0.29) is 25.2 Å². The molecule has 0 aliphatic carbocycles. The molecule has 0 amide bonds. The highest BCUT2D eigenvalue weighted by atomic mass is 16.6. The second-order valence-electron chi connectivity index (χ2n) is 18.5. The SMILES string of the molecule is CC/C=C\C/C=C\C/C=C\CCCCCCCC(=O)OC[C@@H](COCCCCCCCCCCCCCCCCCC)OC(=O)CCCCCCCCC/C=C\C/C=C\CCCCC. The highest BCUT2D eigenvalue weighted by Crippen LogP contribution is 2.15. The average molecular weight is 895 g/mol. The summed E-state index contributed by atoms with van der Waals surface area (Å²) in [6.07, 6.45) is 69.5. The van der Waals surface area contributed by atoms with Crippen LogP contribution < -0.4 is 0 Å². The Morgan fingerprint density at radius 3 is 1.16 bits per heavy atom. The summed E-state index contributed by atoms with van der Waals surface area (Å²) in [5.41, 5.74) is 0. The van der Waals surface area contributed by atoms with Crippen molar-refractivity contribution in [2.45, 2.75) is 284 Å². The Labute approximate surface area is 398 Å². The summed E-state index contributed by atoms with van der Waals surface area (Å²) in [5, 5.41) is 0. The second-order valence-corrected chi connectivity index (χ2v) is 18.5. The van der Waals surface area contributed by atoms with Crippen LogP contribution in [0.3, 0.4) is 0 Å². The van der Waals surface area contributed by atoms with E-state index in [1.54, 1.807) is 0 Å². The summed E-state index contributed by atoms with van der Waals surface area (Å²) in [5.74, 6) is -0.415. The minimum atomic E-state index is -0.546. The van der Waals surface area contributed by atoms with Crippen LogP contribution in [-0.4, -0.2) is 37.9 Å². The second kappa shape index (κ2) is 54.9. The molecule has 0 aromatic carbocycles. The van der Waals surface area contributed by atoms with Crippen LogP contribution in [0.2, 0.25) is 0 Å². The van der Waals surface area contributed by atoms with Crippen molar-refractivity contribution in [3.05, 3.63) is 60.8 Å². The Bertz CT molecular complexity index is 1100. The molecule has 0 fully saturated rings. The van der Waals surface area contributed by atoms with Gasteiger partial charge in [-0.25, -0.2) is 0 Å². The zero-order valence-corrected chi connectivity index (χ0v) is 42.8. The maximum atomic E-state index is 12.8. The van der Waals surface area contributed by atoms with Crippen molar-refractivity contribution in [3.63, 3.8) is 0 Å². The van der Waals surface area contributed by atoms with Crippen LogP contribution in [0, 0.1) is 0 Å². The maximum absolute atomic E-state index is 12.8. The average Bonchev–Trinajstić information content (AvgIpc) is 3.30. The standard InChI is InChI=1S/C59H106O5/c1-4-7-10-13-16-19-22-25-28-30-32-35-38-41-44-47-50-53-59(61)64-57(55-62-54-51-48-45-42-39-36-33-29-26-23-20-17-14-11-8-5-2)56-63-58(60)52-49-46-43-40-37-34-31-27-24-21-18-15-12-9-6-3/h9,12,16,18-19,21,25,27-28,31,57H,4-8,10-11,13-15,17,20,22-24,26,29-30,32-56H2,1-3H3/b12-9-,19-16-,21-18-,28-25-,31-27-/t57-/m1/s1. The molecule has 0 heterocycles. The van der Waals surface area contributed by atoms with Gasteiger partial charge >= 0.3 is 11.9 Å². The number of ether oxygens (including phenoxy) is 3. The van der Waals surface area contributed by atoms with Gasteiger partial charge in [0.25, 0.3) is 0 Å². The molecule has 0 aliphatic rings. The number of carbonyl (C=O) groups is 2. The van der Waals surface area contributed by atoms with E-state index in [1.807, 2.05) is 0 Å². The number of carbonyl (C=O) groups excluding carboxylic acids is 2. The van der Waals surface area contributed by atoms with E-state index >= 15 is 0 Å². The fourth-order valence-corrected chi connectivity index (χ4v) is 7.91. The van der Waals surface area contributed by atoms with Crippen LogP contribution in [0.1, 0.15) is 278 Å². The van der Waals surface area contributed by atoms with Gasteiger partial charge in [-0.15, -0.1) is 0 Å². The van der Waals surface area contributed by atoms with E-state index in [9.17, 15) is 9.59 Å². The summed E-state index contributed by atoms with van der Waals surface area (Å²) >= 11 is 0. The molecule has 0 aromatic heterocycles. The molecule has 0 spiro atoms. The summed E-state index contributed by atoms with van der Waals surface area (Å²) in [7, 11) is 0. The molecule has 0 saturated carbocycles. The van der Waals surface area contributed by atoms with E-state index in [0.717, 1.165) is 83.5 Å². The molecule has 372 valence electrons. The summed E-state index contributed by atoms with van der Waals surface area (Å²) in [6, 6.07) is 0. The van der Waals surface area contributed by atoms with Crippen LogP contribution >= 0.6 is 0 Å². The van der Waals surface area contributed by atoms with E-state index in [2.05, 4.69) is 81.5 Å². The minimum absolute atomic E-state index is 0.0748. The summed E-state index contributed by atoms with van der Waals surface area (Å²) < 4.78 is 17.4. The number of unbranched alkanes of at least 4 members (excludes halogenated alkanes) is 30. The van der Waals surface area contributed by atoms with Crippen molar-refractivity contribution >= 4 is 11.9 Å². The van der Waals surface area contributed by atoms with E-state index < -0.39 is 6.10 Å². The first-order chi connectivity index (χ1) is 31.6. The summed E-state index contributed by atoms with van der Waals surface area (Å²) in [4.78, 5) is 25.5. The lowest BCUT2D eigenvalue weighted by Gasteiger charge is -2.18. The highest BCUT2D eigenvalue weighted by molar-refractivity contribution is 5.70. The number of esters is 2. The Kier molecular flexibility index (Phi) is 52.9. The van der Waals surface area contributed by atoms with Crippen LogP contribution in [0.5, 0.6) is 0 Å². The molecule has 0 saturated heterocycles. The van der Waals surface area contributed by atoms with Gasteiger partial charge in [0.15, 0.2) is 6.10 Å². The van der Waals surface area contributed by atoms with Crippen LogP contribution in [0.4, 0.5) is 0 Å².